The van der Waals surface area contributed by atoms with Crippen LogP contribution in [0.5, 0.6) is 0 Å². The Morgan fingerprint density at radius 2 is 1.94 bits per heavy atom. The van der Waals surface area contributed by atoms with Crippen LogP contribution in [0.15, 0.2) is 24.3 Å². The van der Waals surface area contributed by atoms with Gasteiger partial charge in [-0.1, -0.05) is 29.8 Å². The maximum absolute atomic E-state index is 11.4. The molecular formula is C13H16N2O. The van der Waals surface area contributed by atoms with E-state index >= 15 is 0 Å². The SMILES string of the molecule is Cc1ccc(C(C)(C)NC(=O)CC#N)cc1. The summed E-state index contributed by atoms with van der Waals surface area (Å²) in [6, 6.07) is 9.83. The van der Waals surface area contributed by atoms with Crippen LogP contribution in [0.25, 0.3) is 0 Å². The number of aryl methyl sites for hydroxylation is 1. The van der Waals surface area contributed by atoms with Gasteiger partial charge < -0.3 is 5.32 Å². The molecule has 84 valence electrons. The lowest BCUT2D eigenvalue weighted by molar-refractivity contribution is -0.121. The molecule has 1 rings (SSSR count). The Balaban J connectivity index is 2.81. The van der Waals surface area contributed by atoms with E-state index in [4.69, 9.17) is 5.26 Å². The minimum atomic E-state index is -0.443. The third-order valence-corrected chi connectivity index (χ3v) is 2.46. The highest BCUT2D eigenvalue weighted by molar-refractivity contribution is 5.78. The van der Waals surface area contributed by atoms with Crippen LogP contribution in [0.3, 0.4) is 0 Å². The van der Waals surface area contributed by atoms with Crippen molar-refractivity contribution in [2.24, 2.45) is 0 Å². The van der Waals surface area contributed by atoms with Crippen LogP contribution in [0.1, 0.15) is 31.4 Å². The number of benzene rings is 1. The molecule has 3 nitrogen and oxygen atoms in total. The smallest absolute Gasteiger partial charge is 0.234 e. The Hall–Kier alpha value is -1.82. The van der Waals surface area contributed by atoms with Gasteiger partial charge in [0.1, 0.15) is 6.42 Å². The summed E-state index contributed by atoms with van der Waals surface area (Å²) in [6.07, 6.45) is -0.102. The van der Waals surface area contributed by atoms with Crippen LogP contribution in [-0.2, 0) is 10.3 Å². The first-order valence-corrected chi connectivity index (χ1v) is 5.21. The van der Waals surface area contributed by atoms with Gasteiger partial charge >= 0.3 is 0 Å². The molecule has 0 aliphatic rings. The third-order valence-electron chi connectivity index (χ3n) is 2.46. The summed E-state index contributed by atoms with van der Waals surface area (Å²) < 4.78 is 0. The molecule has 0 heterocycles. The summed E-state index contributed by atoms with van der Waals surface area (Å²) in [5.74, 6) is -0.243. The number of nitrogens with one attached hydrogen (secondary N) is 1. The van der Waals surface area contributed by atoms with E-state index in [1.54, 1.807) is 0 Å². The molecule has 3 heteroatoms. The fourth-order valence-corrected chi connectivity index (χ4v) is 1.51. The van der Waals surface area contributed by atoms with Crippen LogP contribution in [0.4, 0.5) is 0 Å². The molecule has 1 N–H and O–H groups in total. The van der Waals surface area contributed by atoms with Gasteiger partial charge in [-0.2, -0.15) is 5.26 Å². The normalized spacial score (nSPS) is 10.6. The molecule has 1 aromatic rings. The molecule has 1 amide bonds. The highest BCUT2D eigenvalue weighted by Crippen LogP contribution is 2.20. The van der Waals surface area contributed by atoms with Crippen molar-refractivity contribution in [3.63, 3.8) is 0 Å². The zero-order chi connectivity index (χ0) is 12.2. The van der Waals surface area contributed by atoms with Crippen molar-refractivity contribution in [1.82, 2.24) is 5.32 Å². The van der Waals surface area contributed by atoms with Crippen molar-refractivity contribution in [2.75, 3.05) is 0 Å². The minimum Gasteiger partial charge on any atom is -0.346 e. The minimum absolute atomic E-state index is 0.102. The van der Waals surface area contributed by atoms with Crippen molar-refractivity contribution < 1.29 is 4.79 Å². The van der Waals surface area contributed by atoms with Gasteiger partial charge in [0, 0.05) is 0 Å². The van der Waals surface area contributed by atoms with Crippen molar-refractivity contribution in [3.8, 4) is 6.07 Å². The number of amides is 1. The predicted octanol–water partition coefficient (Wildman–Crippen LogP) is 2.26. The number of hydrogen-bond acceptors (Lipinski definition) is 2. The lowest BCUT2D eigenvalue weighted by Crippen LogP contribution is -2.40. The quantitative estimate of drug-likeness (QED) is 0.842. The molecule has 0 saturated carbocycles. The van der Waals surface area contributed by atoms with E-state index in [9.17, 15) is 4.79 Å². The molecule has 0 saturated heterocycles. The van der Waals surface area contributed by atoms with Gasteiger partial charge in [0.2, 0.25) is 5.91 Å². The van der Waals surface area contributed by atoms with Crippen LogP contribution in [-0.4, -0.2) is 5.91 Å². The Morgan fingerprint density at radius 1 is 1.38 bits per heavy atom. The second-order valence-electron chi connectivity index (χ2n) is 4.37. The van der Waals surface area contributed by atoms with Crippen LogP contribution < -0.4 is 5.32 Å². The molecule has 1 aromatic carbocycles. The summed E-state index contributed by atoms with van der Waals surface area (Å²) in [5.41, 5.74) is 1.77. The topological polar surface area (TPSA) is 52.9 Å². The van der Waals surface area contributed by atoms with E-state index in [0.29, 0.717) is 0 Å². The summed E-state index contributed by atoms with van der Waals surface area (Å²) in [6.45, 7) is 5.87. The van der Waals surface area contributed by atoms with Crippen molar-refractivity contribution in [2.45, 2.75) is 32.7 Å². The van der Waals surface area contributed by atoms with Crippen LogP contribution in [0, 0.1) is 18.3 Å². The zero-order valence-electron chi connectivity index (χ0n) is 9.87. The fourth-order valence-electron chi connectivity index (χ4n) is 1.51. The van der Waals surface area contributed by atoms with Crippen molar-refractivity contribution in [3.05, 3.63) is 35.4 Å². The number of carbonyl (C=O) groups excluding carboxylic acids is 1. The molecule has 0 aliphatic heterocycles. The first-order valence-electron chi connectivity index (χ1n) is 5.21. The zero-order valence-corrected chi connectivity index (χ0v) is 9.87. The number of nitrogens with zero attached hydrogens (tertiary/aromatic N) is 1. The fraction of sp³-hybridized carbons (Fsp3) is 0.385. The molecule has 16 heavy (non-hydrogen) atoms. The Morgan fingerprint density at radius 3 is 2.44 bits per heavy atom. The van der Waals surface area contributed by atoms with Crippen LogP contribution >= 0.6 is 0 Å². The maximum Gasteiger partial charge on any atom is 0.234 e. The van der Waals surface area contributed by atoms with Gasteiger partial charge in [0.05, 0.1) is 11.6 Å². The molecular weight excluding hydrogens is 200 g/mol. The number of nitriles is 1. The third kappa shape index (κ3) is 3.09. The van der Waals surface area contributed by atoms with Gasteiger partial charge in [-0.05, 0) is 26.3 Å². The molecule has 0 spiro atoms. The number of rotatable bonds is 3. The maximum atomic E-state index is 11.4. The average Bonchev–Trinajstić information content (AvgIpc) is 2.17. The standard InChI is InChI=1S/C13H16N2O/c1-10-4-6-11(7-5-10)13(2,3)15-12(16)8-9-14/h4-7H,8H2,1-3H3,(H,15,16). The van der Waals surface area contributed by atoms with Crippen molar-refractivity contribution >= 4 is 5.91 Å². The van der Waals surface area contributed by atoms with E-state index in [-0.39, 0.29) is 12.3 Å². The van der Waals surface area contributed by atoms with Gasteiger partial charge in [-0.25, -0.2) is 0 Å². The Labute approximate surface area is 96.1 Å². The largest absolute Gasteiger partial charge is 0.346 e. The van der Waals surface area contributed by atoms with E-state index in [2.05, 4.69) is 5.32 Å². The molecule has 0 fully saturated rings. The highest BCUT2D eigenvalue weighted by Gasteiger charge is 2.22. The molecule has 0 atom stereocenters. The Bertz CT molecular complexity index is 413. The molecule has 0 bridgehead atoms. The lowest BCUT2D eigenvalue weighted by atomic mass is 9.93. The van der Waals surface area contributed by atoms with Gasteiger partial charge in [0.25, 0.3) is 0 Å². The molecule has 0 aliphatic carbocycles. The van der Waals surface area contributed by atoms with Crippen molar-refractivity contribution in [1.29, 1.82) is 5.26 Å². The van der Waals surface area contributed by atoms with Crippen LogP contribution in [0.2, 0.25) is 0 Å². The number of carbonyl (C=O) groups is 1. The molecule has 0 unspecified atom stereocenters. The number of hydrogen-bond donors (Lipinski definition) is 1. The highest BCUT2D eigenvalue weighted by atomic mass is 16.1. The first-order chi connectivity index (χ1) is 7.45. The second kappa shape index (κ2) is 4.80. The summed E-state index contributed by atoms with van der Waals surface area (Å²) in [4.78, 5) is 11.4. The summed E-state index contributed by atoms with van der Waals surface area (Å²) in [7, 11) is 0. The van der Waals surface area contributed by atoms with Gasteiger partial charge in [-0.15, -0.1) is 0 Å². The van der Waals surface area contributed by atoms with E-state index in [0.717, 1.165) is 5.56 Å². The molecule has 0 aromatic heterocycles. The first kappa shape index (κ1) is 12.3. The summed E-state index contributed by atoms with van der Waals surface area (Å²) >= 11 is 0. The van der Waals surface area contributed by atoms with Gasteiger partial charge in [0.15, 0.2) is 0 Å². The van der Waals surface area contributed by atoms with Gasteiger partial charge in [-0.3, -0.25) is 4.79 Å². The average molecular weight is 216 g/mol. The lowest BCUT2D eigenvalue weighted by Gasteiger charge is -2.26. The molecule has 0 radical (unpaired) electrons. The Kier molecular flexibility index (Phi) is 3.68. The van der Waals surface area contributed by atoms with E-state index in [1.807, 2.05) is 51.1 Å². The van der Waals surface area contributed by atoms with E-state index < -0.39 is 5.54 Å². The summed E-state index contributed by atoms with van der Waals surface area (Å²) in [5, 5.41) is 11.3. The monoisotopic (exact) mass is 216 g/mol. The van der Waals surface area contributed by atoms with E-state index in [1.165, 1.54) is 5.56 Å². The predicted molar refractivity (Wildman–Crippen MR) is 62.6 cm³/mol. The second-order valence-corrected chi connectivity index (χ2v) is 4.37.